The minimum atomic E-state index is -0.597. The van der Waals surface area contributed by atoms with E-state index in [1.165, 1.54) is 0 Å². The number of rotatable bonds is 3. The standard InChI is InChI=1S/C6H8FN4/c1-2-4-8-11-9-5-3-6(7)10-11/h2-3,8-9H,1,4H2. The van der Waals surface area contributed by atoms with Crippen LogP contribution >= 0.6 is 0 Å². The third-order valence-corrected chi connectivity index (χ3v) is 0.943. The molecule has 0 atom stereocenters. The van der Waals surface area contributed by atoms with E-state index in [2.05, 4.69) is 28.7 Å². The maximum Gasteiger partial charge on any atom is 0.236 e. The third-order valence-electron chi connectivity index (χ3n) is 0.943. The number of halogens is 1. The van der Waals surface area contributed by atoms with Gasteiger partial charge in [0.05, 0.1) is 6.20 Å². The first-order chi connectivity index (χ1) is 5.33. The zero-order valence-corrected chi connectivity index (χ0v) is 5.84. The van der Waals surface area contributed by atoms with Crippen LogP contribution in [0.1, 0.15) is 0 Å². The van der Waals surface area contributed by atoms with E-state index in [9.17, 15) is 4.39 Å². The lowest BCUT2D eigenvalue weighted by Crippen LogP contribution is -2.43. The van der Waals surface area contributed by atoms with Crippen molar-refractivity contribution in [2.45, 2.75) is 0 Å². The van der Waals surface area contributed by atoms with E-state index >= 15 is 0 Å². The number of allylic oxidation sites excluding steroid dienone is 1. The predicted octanol–water partition coefficient (Wildman–Crippen LogP) is 0.0971. The van der Waals surface area contributed by atoms with Crippen molar-refractivity contribution in [1.82, 2.24) is 16.1 Å². The summed E-state index contributed by atoms with van der Waals surface area (Å²) in [5.74, 6) is -0.597. The Morgan fingerprint density at radius 1 is 2.00 bits per heavy atom. The lowest BCUT2D eigenvalue weighted by atomic mass is 10.6. The molecule has 1 aliphatic rings. The quantitative estimate of drug-likeness (QED) is 0.568. The molecule has 1 radical (unpaired) electrons. The Kier molecular flexibility index (Phi) is 2.62. The van der Waals surface area contributed by atoms with Gasteiger partial charge >= 0.3 is 0 Å². The summed E-state index contributed by atoms with van der Waals surface area (Å²) in [6.45, 7) is 3.98. The van der Waals surface area contributed by atoms with Crippen molar-refractivity contribution in [1.29, 1.82) is 0 Å². The van der Waals surface area contributed by atoms with Crippen molar-refractivity contribution >= 4 is 5.97 Å². The zero-order chi connectivity index (χ0) is 8.10. The fourth-order valence-corrected chi connectivity index (χ4v) is 0.528. The molecule has 0 bridgehead atoms. The van der Waals surface area contributed by atoms with E-state index in [0.717, 1.165) is 11.3 Å². The van der Waals surface area contributed by atoms with Gasteiger partial charge in [0.2, 0.25) is 5.97 Å². The average molecular weight is 155 g/mol. The normalized spacial score (nSPS) is 15.7. The fraction of sp³-hybridized carbons (Fsp3) is 0.167. The highest BCUT2D eigenvalue weighted by molar-refractivity contribution is 5.85. The summed E-state index contributed by atoms with van der Waals surface area (Å²) in [6, 6.07) is 0. The smallest absolute Gasteiger partial charge is 0.236 e. The van der Waals surface area contributed by atoms with Crippen molar-refractivity contribution in [3.63, 3.8) is 0 Å². The molecule has 0 fully saturated rings. The van der Waals surface area contributed by atoms with Gasteiger partial charge in [-0.15, -0.1) is 16.9 Å². The summed E-state index contributed by atoms with van der Waals surface area (Å²) in [7, 11) is 0. The van der Waals surface area contributed by atoms with Crippen molar-refractivity contribution < 1.29 is 4.39 Å². The van der Waals surface area contributed by atoms with Crippen molar-refractivity contribution in [2.24, 2.45) is 5.10 Å². The second-order valence-electron chi connectivity index (χ2n) is 1.79. The number of nitrogens with zero attached hydrogens (tertiary/aromatic N) is 2. The van der Waals surface area contributed by atoms with E-state index in [1.54, 1.807) is 6.08 Å². The molecule has 0 saturated heterocycles. The topological polar surface area (TPSA) is 39.7 Å². The van der Waals surface area contributed by atoms with Gasteiger partial charge in [0, 0.05) is 12.6 Å². The first-order valence-corrected chi connectivity index (χ1v) is 3.06. The molecule has 0 saturated carbocycles. The number of hydrogen-bond donors (Lipinski definition) is 2. The van der Waals surface area contributed by atoms with Crippen LogP contribution < -0.4 is 10.9 Å². The maximum atomic E-state index is 12.3. The molecule has 2 N–H and O–H groups in total. The van der Waals surface area contributed by atoms with Gasteiger partial charge in [0.1, 0.15) is 0 Å². The maximum absolute atomic E-state index is 12.3. The SMILES string of the molecule is C=CCNN1N=C(F)C=[C]N1. The highest BCUT2D eigenvalue weighted by atomic mass is 19.1. The molecular weight excluding hydrogens is 147 g/mol. The molecule has 59 valence electrons. The van der Waals surface area contributed by atoms with Crippen LogP contribution in [0.25, 0.3) is 0 Å². The molecule has 4 nitrogen and oxygen atoms in total. The Morgan fingerprint density at radius 3 is 3.45 bits per heavy atom. The highest BCUT2D eigenvalue weighted by Crippen LogP contribution is 1.91. The Hall–Kier alpha value is -1.36. The summed E-state index contributed by atoms with van der Waals surface area (Å²) in [4.78, 5) is 0. The molecule has 0 aromatic carbocycles. The van der Waals surface area contributed by atoms with Crippen molar-refractivity contribution in [2.75, 3.05) is 6.54 Å². The van der Waals surface area contributed by atoms with E-state index in [4.69, 9.17) is 0 Å². The Morgan fingerprint density at radius 2 is 2.82 bits per heavy atom. The molecule has 0 unspecified atom stereocenters. The number of hydrazine groups is 2. The predicted molar refractivity (Wildman–Crippen MR) is 39.5 cm³/mol. The van der Waals surface area contributed by atoms with E-state index in [-0.39, 0.29) is 0 Å². The van der Waals surface area contributed by atoms with Gasteiger partial charge in [-0.1, -0.05) is 6.08 Å². The van der Waals surface area contributed by atoms with E-state index in [0.29, 0.717) is 6.54 Å². The minimum absolute atomic E-state index is 0.505. The average Bonchev–Trinajstić information content (AvgIpc) is 2.01. The van der Waals surface area contributed by atoms with Gasteiger partial charge in [0.15, 0.2) is 0 Å². The Balaban J connectivity index is 2.37. The molecule has 0 aromatic rings. The van der Waals surface area contributed by atoms with E-state index < -0.39 is 5.97 Å². The molecule has 0 spiro atoms. The van der Waals surface area contributed by atoms with Crippen LogP contribution in [0.2, 0.25) is 0 Å². The monoisotopic (exact) mass is 155 g/mol. The largest absolute Gasteiger partial charge is 0.265 e. The number of hydrazone groups is 1. The lowest BCUT2D eigenvalue weighted by molar-refractivity contribution is 0.145. The van der Waals surface area contributed by atoms with Crippen molar-refractivity contribution in [3.05, 3.63) is 24.9 Å². The van der Waals surface area contributed by atoms with Crippen LogP contribution in [0.4, 0.5) is 4.39 Å². The second-order valence-corrected chi connectivity index (χ2v) is 1.79. The fourth-order valence-electron chi connectivity index (χ4n) is 0.528. The van der Waals surface area contributed by atoms with Crippen LogP contribution in [0.5, 0.6) is 0 Å². The Labute approximate surface area is 64.0 Å². The van der Waals surface area contributed by atoms with Gasteiger partial charge in [-0.3, -0.25) is 5.43 Å². The number of nitrogens with one attached hydrogen (secondary N) is 2. The van der Waals surface area contributed by atoms with Crippen molar-refractivity contribution in [3.8, 4) is 0 Å². The Bertz CT molecular complexity index is 199. The van der Waals surface area contributed by atoms with Crippen LogP contribution in [-0.2, 0) is 0 Å². The second kappa shape index (κ2) is 3.72. The molecule has 1 aliphatic heterocycles. The van der Waals surface area contributed by atoms with Gasteiger partial charge < -0.3 is 0 Å². The van der Waals surface area contributed by atoms with E-state index in [1.807, 2.05) is 0 Å². The first kappa shape index (κ1) is 7.74. The molecule has 1 rings (SSSR count). The summed E-state index contributed by atoms with van der Waals surface area (Å²) in [5, 5.41) is 4.54. The molecule has 0 aromatic heterocycles. The molecule has 5 heteroatoms. The highest BCUT2D eigenvalue weighted by Gasteiger charge is 2.02. The van der Waals surface area contributed by atoms with Crippen LogP contribution in [0.15, 0.2) is 23.8 Å². The van der Waals surface area contributed by atoms with Gasteiger partial charge in [-0.2, -0.15) is 9.82 Å². The summed E-state index contributed by atoms with van der Waals surface area (Å²) in [6.07, 6.45) is 5.18. The summed E-state index contributed by atoms with van der Waals surface area (Å²) in [5.41, 5.74) is 5.22. The minimum Gasteiger partial charge on any atom is -0.265 e. The molecule has 1 heterocycles. The lowest BCUT2D eigenvalue weighted by Gasteiger charge is -2.19. The van der Waals surface area contributed by atoms with Crippen LogP contribution in [0.3, 0.4) is 0 Å². The third kappa shape index (κ3) is 2.38. The van der Waals surface area contributed by atoms with Gasteiger partial charge in [-0.25, -0.2) is 0 Å². The molecule has 0 amide bonds. The van der Waals surface area contributed by atoms with Gasteiger partial charge in [0.25, 0.3) is 0 Å². The first-order valence-electron chi connectivity index (χ1n) is 3.06. The summed E-state index contributed by atoms with van der Waals surface area (Å²) < 4.78 is 12.3. The van der Waals surface area contributed by atoms with Gasteiger partial charge in [-0.05, 0) is 0 Å². The van der Waals surface area contributed by atoms with Crippen LogP contribution in [0, 0.1) is 6.20 Å². The molecular formula is C6H8FN4. The zero-order valence-electron chi connectivity index (χ0n) is 5.84. The molecule has 11 heavy (non-hydrogen) atoms. The van der Waals surface area contributed by atoms with Crippen LogP contribution in [-0.4, -0.2) is 17.7 Å². The number of hydrogen-bond acceptors (Lipinski definition) is 4. The molecule has 0 aliphatic carbocycles. The summed E-state index contributed by atoms with van der Waals surface area (Å²) >= 11 is 0.